The maximum Gasteiger partial charge on any atom is 0.317 e. The molecule has 3 rings (SSSR count). The van der Waals surface area contributed by atoms with Crippen molar-refractivity contribution in [2.24, 2.45) is 5.92 Å². The van der Waals surface area contributed by atoms with E-state index in [1.54, 1.807) is 12.1 Å². The summed E-state index contributed by atoms with van der Waals surface area (Å²) in [6.45, 7) is 1.88. The fourth-order valence-corrected chi connectivity index (χ4v) is 4.21. The van der Waals surface area contributed by atoms with Gasteiger partial charge in [-0.3, -0.25) is 4.79 Å². The number of rotatable bonds is 4. The molecule has 6 heteroatoms. The first kappa shape index (κ1) is 15.5. The topological polar surface area (TPSA) is 63.7 Å². The molecule has 5 nitrogen and oxygen atoms in total. The predicted octanol–water partition coefficient (Wildman–Crippen LogP) is 2.80. The molecule has 120 valence electrons. The van der Waals surface area contributed by atoms with Crippen LogP contribution < -0.4 is 0 Å². The zero-order chi connectivity index (χ0) is 15.7. The molecule has 0 spiro atoms. The number of amides is 1. The van der Waals surface area contributed by atoms with Gasteiger partial charge < -0.3 is 0 Å². The molecule has 1 heterocycles. The maximum atomic E-state index is 12.3. The van der Waals surface area contributed by atoms with E-state index >= 15 is 0 Å². The molecule has 0 radical (unpaired) electrons. The number of carbonyl (C=O) groups is 1. The van der Waals surface area contributed by atoms with Gasteiger partial charge in [0.25, 0.3) is 0 Å². The molecular weight excluding hydrogens is 302 g/mol. The van der Waals surface area contributed by atoms with Gasteiger partial charge in [0.1, 0.15) is 0 Å². The summed E-state index contributed by atoms with van der Waals surface area (Å²) in [6.07, 6.45) is 6.00. The van der Waals surface area contributed by atoms with Crippen LogP contribution in [0.5, 0.6) is 0 Å². The van der Waals surface area contributed by atoms with Gasteiger partial charge in [0, 0.05) is 0 Å². The highest BCUT2D eigenvalue weighted by atomic mass is 32.2. The molecule has 1 aliphatic heterocycles. The molecule has 22 heavy (non-hydrogen) atoms. The number of aryl methyl sites for hydroxylation is 1. The van der Waals surface area contributed by atoms with Gasteiger partial charge in [-0.25, -0.2) is 0 Å². The first-order valence-corrected chi connectivity index (χ1v) is 9.21. The highest BCUT2D eigenvalue weighted by Gasteiger charge is 2.45. The van der Waals surface area contributed by atoms with E-state index in [9.17, 15) is 13.2 Å². The number of nitrogens with zero attached hydrogens (tertiary/aromatic N) is 1. The lowest BCUT2D eigenvalue weighted by molar-refractivity contribution is -0.196. The lowest BCUT2D eigenvalue weighted by Gasteiger charge is -2.43. The van der Waals surface area contributed by atoms with Crippen molar-refractivity contribution in [3.05, 3.63) is 29.8 Å². The van der Waals surface area contributed by atoms with Crippen LogP contribution in [0.2, 0.25) is 0 Å². The number of benzene rings is 1. The van der Waals surface area contributed by atoms with Gasteiger partial charge in [-0.05, 0) is 37.8 Å². The minimum absolute atomic E-state index is 0.0835. The Bertz CT molecular complexity index is 647. The Morgan fingerprint density at radius 1 is 1.09 bits per heavy atom. The number of β-lactam (4-membered cyclic amide) rings is 1. The van der Waals surface area contributed by atoms with Gasteiger partial charge in [-0.2, -0.15) is 13.5 Å². The van der Waals surface area contributed by atoms with Gasteiger partial charge in [-0.15, -0.1) is 4.28 Å². The average Bonchev–Trinajstić information content (AvgIpc) is 2.52. The van der Waals surface area contributed by atoms with E-state index in [4.69, 9.17) is 4.28 Å². The molecule has 1 saturated carbocycles. The summed E-state index contributed by atoms with van der Waals surface area (Å²) in [5.41, 5.74) is 0.971. The second kappa shape index (κ2) is 6.01. The summed E-state index contributed by atoms with van der Waals surface area (Å²) in [5.74, 6) is 0.117. The van der Waals surface area contributed by atoms with E-state index in [0.717, 1.165) is 36.3 Å². The van der Waals surface area contributed by atoms with Crippen molar-refractivity contribution >= 4 is 16.0 Å². The highest BCUT2D eigenvalue weighted by Crippen LogP contribution is 2.36. The van der Waals surface area contributed by atoms with Crippen LogP contribution in [-0.2, 0) is 19.2 Å². The van der Waals surface area contributed by atoms with E-state index < -0.39 is 10.1 Å². The van der Waals surface area contributed by atoms with Crippen LogP contribution in [0.4, 0.5) is 0 Å². The minimum Gasteiger partial charge on any atom is -0.272 e. The van der Waals surface area contributed by atoms with E-state index in [1.165, 1.54) is 18.6 Å². The zero-order valence-electron chi connectivity index (χ0n) is 12.7. The second-order valence-electron chi connectivity index (χ2n) is 6.23. The molecule has 0 aromatic heterocycles. The van der Waals surface area contributed by atoms with Gasteiger partial charge in [0.2, 0.25) is 5.91 Å². The van der Waals surface area contributed by atoms with Gasteiger partial charge >= 0.3 is 10.1 Å². The van der Waals surface area contributed by atoms with Crippen molar-refractivity contribution < 1.29 is 17.5 Å². The summed E-state index contributed by atoms with van der Waals surface area (Å²) in [6, 6.07) is 6.35. The fraction of sp³-hybridized carbons (Fsp3) is 0.562. The zero-order valence-corrected chi connectivity index (χ0v) is 13.5. The van der Waals surface area contributed by atoms with E-state index in [0.29, 0.717) is 12.3 Å². The van der Waals surface area contributed by atoms with E-state index in [-0.39, 0.29) is 16.8 Å². The summed E-state index contributed by atoms with van der Waals surface area (Å²) < 4.78 is 29.7. The minimum atomic E-state index is -3.94. The molecule has 1 amide bonds. The smallest absolute Gasteiger partial charge is 0.272 e. The van der Waals surface area contributed by atoms with E-state index in [2.05, 4.69) is 0 Å². The average molecular weight is 323 g/mol. The Morgan fingerprint density at radius 3 is 2.32 bits per heavy atom. The third-order valence-corrected chi connectivity index (χ3v) is 5.82. The number of hydrogen-bond acceptors (Lipinski definition) is 4. The first-order valence-electron chi connectivity index (χ1n) is 7.81. The Labute approximate surface area is 131 Å². The van der Waals surface area contributed by atoms with Crippen molar-refractivity contribution in [3.63, 3.8) is 0 Å². The van der Waals surface area contributed by atoms with Crippen LogP contribution >= 0.6 is 0 Å². The van der Waals surface area contributed by atoms with Crippen LogP contribution in [0, 0.1) is 12.8 Å². The maximum absolute atomic E-state index is 12.3. The van der Waals surface area contributed by atoms with Gasteiger partial charge in [-0.1, -0.05) is 37.0 Å². The molecular formula is C16H21NO4S. The molecule has 1 unspecified atom stereocenters. The fourth-order valence-electron chi connectivity index (χ4n) is 3.25. The number of carbonyl (C=O) groups excluding carboxylic acids is 1. The Kier molecular flexibility index (Phi) is 4.23. The normalized spacial score (nSPS) is 23.4. The Balaban J connectivity index is 1.72. The van der Waals surface area contributed by atoms with Crippen LogP contribution in [0.15, 0.2) is 29.2 Å². The van der Waals surface area contributed by atoms with Crippen LogP contribution in [0.3, 0.4) is 0 Å². The van der Waals surface area contributed by atoms with Crippen LogP contribution in [0.1, 0.15) is 44.1 Å². The van der Waals surface area contributed by atoms with Crippen molar-refractivity contribution in [1.29, 1.82) is 0 Å². The number of hydrogen-bond donors (Lipinski definition) is 0. The summed E-state index contributed by atoms with van der Waals surface area (Å²) in [4.78, 5) is 11.9. The molecule has 0 bridgehead atoms. The summed E-state index contributed by atoms with van der Waals surface area (Å²) in [7, 11) is -3.94. The van der Waals surface area contributed by atoms with Gasteiger partial charge in [0.05, 0.1) is 17.4 Å². The lowest BCUT2D eigenvalue weighted by atomic mass is 9.79. The molecule has 1 aromatic carbocycles. The standard InChI is InChI=1S/C16H21NO4S/c1-12-7-9-14(10-8-12)22(19,20)21-17-15(11-16(17)18)13-5-3-2-4-6-13/h7-10,13,15H,2-6,11H2,1H3. The lowest BCUT2D eigenvalue weighted by Crippen LogP contribution is -2.56. The Hall–Kier alpha value is -1.40. The largest absolute Gasteiger partial charge is 0.317 e. The monoisotopic (exact) mass is 323 g/mol. The van der Waals surface area contributed by atoms with Crippen molar-refractivity contribution in [2.45, 2.75) is 56.4 Å². The summed E-state index contributed by atoms with van der Waals surface area (Å²) >= 11 is 0. The molecule has 2 fully saturated rings. The van der Waals surface area contributed by atoms with Gasteiger partial charge in [0.15, 0.2) is 0 Å². The van der Waals surface area contributed by atoms with Crippen molar-refractivity contribution in [3.8, 4) is 0 Å². The highest BCUT2D eigenvalue weighted by molar-refractivity contribution is 7.86. The quantitative estimate of drug-likeness (QED) is 0.799. The molecule has 1 atom stereocenters. The van der Waals surface area contributed by atoms with Crippen molar-refractivity contribution in [1.82, 2.24) is 5.06 Å². The molecule has 0 N–H and O–H groups in total. The van der Waals surface area contributed by atoms with Crippen LogP contribution in [0.25, 0.3) is 0 Å². The van der Waals surface area contributed by atoms with Crippen molar-refractivity contribution in [2.75, 3.05) is 0 Å². The molecule has 1 aliphatic carbocycles. The summed E-state index contributed by atoms with van der Waals surface area (Å²) in [5, 5.41) is 1.09. The Morgan fingerprint density at radius 2 is 1.73 bits per heavy atom. The molecule has 2 aliphatic rings. The van der Waals surface area contributed by atoms with E-state index in [1.807, 2.05) is 6.92 Å². The molecule has 1 aromatic rings. The van der Waals surface area contributed by atoms with Crippen LogP contribution in [-0.4, -0.2) is 25.4 Å². The third-order valence-electron chi connectivity index (χ3n) is 4.61. The SMILES string of the molecule is Cc1ccc(S(=O)(=O)ON2C(=O)CC2C2CCCCC2)cc1. The third kappa shape index (κ3) is 3.03. The first-order chi connectivity index (χ1) is 10.5. The number of hydroxylamine groups is 2. The second-order valence-corrected chi connectivity index (χ2v) is 7.76. The molecule has 1 saturated heterocycles. The predicted molar refractivity (Wildman–Crippen MR) is 81.3 cm³/mol.